The molecule has 1 aliphatic heterocycles. The van der Waals surface area contributed by atoms with Gasteiger partial charge in [0.1, 0.15) is 5.69 Å². The Bertz CT molecular complexity index is 503. The molecule has 116 valence electrons. The first-order chi connectivity index (χ1) is 9.95. The van der Waals surface area contributed by atoms with Crippen molar-refractivity contribution in [2.24, 2.45) is 7.05 Å². The van der Waals surface area contributed by atoms with E-state index in [1.54, 1.807) is 22.0 Å². The van der Waals surface area contributed by atoms with Crippen LogP contribution < -0.4 is 5.32 Å². The van der Waals surface area contributed by atoms with E-state index < -0.39 is 0 Å². The van der Waals surface area contributed by atoms with Crippen molar-refractivity contribution < 1.29 is 9.59 Å². The van der Waals surface area contributed by atoms with Crippen LogP contribution in [0.5, 0.6) is 0 Å². The highest BCUT2D eigenvalue weighted by Crippen LogP contribution is 2.07. The second-order valence-electron chi connectivity index (χ2n) is 5.71. The third-order valence-electron chi connectivity index (χ3n) is 3.40. The average Bonchev–Trinajstić information content (AvgIpc) is 2.84. The van der Waals surface area contributed by atoms with Crippen molar-refractivity contribution in [2.45, 2.75) is 19.9 Å². The largest absolute Gasteiger partial charge is 0.353 e. The van der Waals surface area contributed by atoms with Crippen molar-refractivity contribution in [1.29, 1.82) is 0 Å². The summed E-state index contributed by atoms with van der Waals surface area (Å²) in [5.41, 5.74) is 0.475. The number of carbonyl (C=O) groups excluding carboxylic acids is 2. The predicted molar refractivity (Wildman–Crippen MR) is 78.8 cm³/mol. The summed E-state index contributed by atoms with van der Waals surface area (Å²) in [6, 6.07) is 0.157. The predicted octanol–water partition coefficient (Wildman–Crippen LogP) is -0.297. The maximum absolute atomic E-state index is 12.2. The molecule has 0 unspecified atom stereocenters. The second kappa shape index (κ2) is 6.71. The summed E-state index contributed by atoms with van der Waals surface area (Å²) in [5.74, 6) is -0.00335. The lowest BCUT2D eigenvalue weighted by Gasteiger charge is -2.34. The van der Waals surface area contributed by atoms with Gasteiger partial charge in [0, 0.05) is 45.5 Å². The third-order valence-corrected chi connectivity index (χ3v) is 3.40. The molecule has 0 radical (unpaired) electrons. The standard InChI is InChI=1S/C14H23N5O2/c1-11(2)16-13(20)9-18-4-6-19(7-5-18)14(21)12-8-17(3)10-15-12/h8,10-11H,4-7,9H2,1-3H3,(H,16,20). The number of imidazole rings is 1. The molecular weight excluding hydrogens is 270 g/mol. The Labute approximate surface area is 124 Å². The molecule has 0 saturated carbocycles. The van der Waals surface area contributed by atoms with Gasteiger partial charge in [0.05, 0.1) is 12.9 Å². The van der Waals surface area contributed by atoms with Gasteiger partial charge in [0.15, 0.2) is 0 Å². The highest BCUT2D eigenvalue weighted by atomic mass is 16.2. The van der Waals surface area contributed by atoms with Crippen LogP contribution in [0.2, 0.25) is 0 Å². The zero-order valence-electron chi connectivity index (χ0n) is 12.9. The minimum atomic E-state index is -0.0399. The lowest BCUT2D eigenvalue weighted by atomic mass is 10.2. The number of hydrogen-bond acceptors (Lipinski definition) is 4. The second-order valence-corrected chi connectivity index (χ2v) is 5.71. The van der Waals surface area contributed by atoms with E-state index in [9.17, 15) is 9.59 Å². The molecule has 0 spiro atoms. The van der Waals surface area contributed by atoms with E-state index in [-0.39, 0.29) is 17.9 Å². The van der Waals surface area contributed by atoms with Crippen molar-refractivity contribution in [3.63, 3.8) is 0 Å². The quantitative estimate of drug-likeness (QED) is 0.827. The number of nitrogens with one attached hydrogen (secondary N) is 1. The smallest absolute Gasteiger partial charge is 0.274 e. The molecule has 0 bridgehead atoms. The molecule has 2 heterocycles. The average molecular weight is 293 g/mol. The maximum atomic E-state index is 12.2. The highest BCUT2D eigenvalue weighted by Gasteiger charge is 2.24. The van der Waals surface area contributed by atoms with Crippen molar-refractivity contribution in [3.05, 3.63) is 18.2 Å². The number of carbonyl (C=O) groups is 2. The summed E-state index contributed by atoms with van der Waals surface area (Å²) in [4.78, 5) is 31.9. The van der Waals surface area contributed by atoms with Crippen LogP contribution in [0.25, 0.3) is 0 Å². The monoisotopic (exact) mass is 293 g/mol. The summed E-state index contributed by atoms with van der Waals surface area (Å²) >= 11 is 0. The van der Waals surface area contributed by atoms with Gasteiger partial charge in [-0.05, 0) is 13.8 Å². The Kier molecular flexibility index (Phi) is 4.95. The van der Waals surface area contributed by atoms with Crippen LogP contribution >= 0.6 is 0 Å². The lowest BCUT2D eigenvalue weighted by Crippen LogP contribution is -2.51. The molecule has 1 fully saturated rings. The molecule has 2 amide bonds. The van der Waals surface area contributed by atoms with Crippen LogP contribution in [0.3, 0.4) is 0 Å². The van der Waals surface area contributed by atoms with E-state index in [0.29, 0.717) is 38.4 Å². The normalized spacial score (nSPS) is 16.3. The van der Waals surface area contributed by atoms with Crippen molar-refractivity contribution >= 4 is 11.8 Å². The Morgan fingerprint density at radius 2 is 1.95 bits per heavy atom. The minimum absolute atomic E-state index is 0.0366. The van der Waals surface area contributed by atoms with Crippen LogP contribution in [-0.2, 0) is 11.8 Å². The molecule has 1 aliphatic rings. The summed E-state index contributed by atoms with van der Waals surface area (Å²) in [5, 5.41) is 2.88. The van der Waals surface area contributed by atoms with Crippen LogP contribution in [0, 0.1) is 0 Å². The fourth-order valence-electron chi connectivity index (χ4n) is 2.37. The summed E-state index contributed by atoms with van der Waals surface area (Å²) < 4.78 is 1.76. The van der Waals surface area contributed by atoms with E-state index in [2.05, 4.69) is 15.2 Å². The lowest BCUT2D eigenvalue weighted by molar-refractivity contribution is -0.123. The number of aromatic nitrogens is 2. The fourth-order valence-corrected chi connectivity index (χ4v) is 2.37. The van der Waals surface area contributed by atoms with Crippen molar-refractivity contribution in [1.82, 2.24) is 24.7 Å². The van der Waals surface area contributed by atoms with Gasteiger partial charge in [-0.15, -0.1) is 0 Å². The third kappa shape index (κ3) is 4.29. The Morgan fingerprint density at radius 3 is 2.48 bits per heavy atom. The number of aryl methyl sites for hydroxylation is 1. The van der Waals surface area contributed by atoms with E-state index in [1.807, 2.05) is 20.9 Å². The topological polar surface area (TPSA) is 70.5 Å². The SMILES string of the molecule is CC(C)NC(=O)CN1CCN(C(=O)c2cn(C)cn2)CC1. The van der Waals surface area contributed by atoms with Gasteiger partial charge < -0.3 is 14.8 Å². The van der Waals surface area contributed by atoms with Gasteiger partial charge in [0.2, 0.25) is 5.91 Å². The van der Waals surface area contributed by atoms with Crippen molar-refractivity contribution in [3.8, 4) is 0 Å². The molecule has 7 heteroatoms. The highest BCUT2D eigenvalue weighted by molar-refractivity contribution is 5.92. The summed E-state index contributed by atoms with van der Waals surface area (Å²) in [7, 11) is 1.84. The van der Waals surface area contributed by atoms with E-state index in [0.717, 1.165) is 0 Å². The van der Waals surface area contributed by atoms with Crippen LogP contribution in [0.4, 0.5) is 0 Å². The minimum Gasteiger partial charge on any atom is -0.353 e. The van der Waals surface area contributed by atoms with E-state index in [1.165, 1.54) is 0 Å². The molecule has 1 N–H and O–H groups in total. The molecule has 1 saturated heterocycles. The Morgan fingerprint density at radius 1 is 1.29 bits per heavy atom. The molecule has 0 aromatic carbocycles. The molecule has 7 nitrogen and oxygen atoms in total. The molecule has 0 atom stereocenters. The van der Waals surface area contributed by atoms with Crippen LogP contribution in [-0.4, -0.2) is 69.9 Å². The number of amides is 2. The molecule has 21 heavy (non-hydrogen) atoms. The molecule has 1 aromatic heterocycles. The van der Waals surface area contributed by atoms with Crippen LogP contribution in [0.15, 0.2) is 12.5 Å². The van der Waals surface area contributed by atoms with Gasteiger partial charge >= 0.3 is 0 Å². The van der Waals surface area contributed by atoms with Gasteiger partial charge in [0.25, 0.3) is 5.91 Å². The Hall–Kier alpha value is -1.89. The molecular formula is C14H23N5O2. The van der Waals surface area contributed by atoms with Gasteiger partial charge in [-0.3, -0.25) is 14.5 Å². The number of nitrogens with zero attached hydrogens (tertiary/aromatic N) is 4. The Balaban J connectivity index is 1.80. The summed E-state index contributed by atoms with van der Waals surface area (Å²) in [6.45, 7) is 6.97. The van der Waals surface area contributed by atoms with Gasteiger partial charge in [-0.2, -0.15) is 0 Å². The molecule has 0 aliphatic carbocycles. The molecule has 2 rings (SSSR count). The first-order valence-corrected chi connectivity index (χ1v) is 7.24. The van der Waals surface area contributed by atoms with Gasteiger partial charge in [-0.1, -0.05) is 0 Å². The summed E-state index contributed by atoms with van der Waals surface area (Å²) in [6.07, 6.45) is 3.35. The number of hydrogen-bond donors (Lipinski definition) is 1. The number of rotatable bonds is 4. The first-order valence-electron chi connectivity index (χ1n) is 7.24. The molecule has 1 aromatic rings. The zero-order valence-corrected chi connectivity index (χ0v) is 12.9. The fraction of sp³-hybridized carbons (Fsp3) is 0.643. The number of piperazine rings is 1. The van der Waals surface area contributed by atoms with E-state index in [4.69, 9.17) is 0 Å². The van der Waals surface area contributed by atoms with Crippen molar-refractivity contribution in [2.75, 3.05) is 32.7 Å². The van der Waals surface area contributed by atoms with E-state index >= 15 is 0 Å². The maximum Gasteiger partial charge on any atom is 0.274 e. The zero-order chi connectivity index (χ0) is 15.4. The first kappa shape index (κ1) is 15.5. The van der Waals surface area contributed by atoms with Crippen LogP contribution in [0.1, 0.15) is 24.3 Å². The van der Waals surface area contributed by atoms with Gasteiger partial charge in [-0.25, -0.2) is 4.98 Å².